The molecule has 0 fully saturated rings. The molecule has 2 amide bonds. The molecule has 0 spiro atoms. The van der Waals surface area contributed by atoms with E-state index in [-0.39, 0.29) is 6.03 Å². The maximum Gasteiger partial charge on any atom is 0.330 e. The molecule has 0 atom stereocenters. The summed E-state index contributed by atoms with van der Waals surface area (Å²) in [7, 11) is 0. The van der Waals surface area contributed by atoms with Crippen molar-refractivity contribution < 1.29 is 4.79 Å². The van der Waals surface area contributed by atoms with E-state index in [1.807, 2.05) is 55.1 Å². The Balaban J connectivity index is 2.12. The van der Waals surface area contributed by atoms with E-state index >= 15 is 0 Å². The summed E-state index contributed by atoms with van der Waals surface area (Å²) in [6.45, 7) is 5.35. The van der Waals surface area contributed by atoms with E-state index in [0.29, 0.717) is 13.1 Å². The van der Waals surface area contributed by atoms with Crippen molar-refractivity contribution in [1.82, 2.24) is 9.88 Å². The number of hydrogen-bond acceptors (Lipinski definition) is 3. The molecule has 0 saturated carbocycles. The lowest BCUT2D eigenvalue weighted by Gasteiger charge is -2.33. The third-order valence-electron chi connectivity index (χ3n) is 3.51. The lowest BCUT2D eigenvalue weighted by molar-refractivity contribution is 0.212. The van der Waals surface area contributed by atoms with Gasteiger partial charge < -0.3 is 4.90 Å². The van der Waals surface area contributed by atoms with Crippen molar-refractivity contribution in [2.45, 2.75) is 23.6 Å². The Bertz CT molecular complexity index is 625. The summed E-state index contributed by atoms with van der Waals surface area (Å²) in [6.07, 6.45) is 1.73. The van der Waals surface area contributed by atoms with Crippen molar-refractivity contribution in [3.05, 3.63) is 42.6 Å². The average molecular weight is 299 g/mol. The van der Waals surface area contributed by atoms with Crippen LogP contribution in [0, 0.1) is 0 Å². The summed E-state index contributed by atoms with van der Waals surface area (Å²) in [6, 6.07) is 11.8. The Labute approximate surface area is 128 Å². The molecular weight excluding hydrogens is 282 g/mol. The van der Waals surface area contributed by atoms with Gasteiger partial charge >= 0.3 is 6.03 Å². The third kappa shape index (κ3) is 2.38. The molecule has 1 aromatic heterocycles. The van der Waals surface area contributed by atoms with E-state index in [1.165, 1.54) is 0 Å². The Morgan fingerprint density at radius 3 is 2.62 bits per heavy atom. The molecule has 0 saturated heterocycles. The van der Waals surface area contributed by atoms with E-state index in [2.05, 4.69) is 4.98 Å². The number of carbonyl (C=O) groups is 1. The lowest BCUT2D eigenvalue weighted by Crippen LogP contribution is -2.42. The predicted molar refractivity (Wildman–Crippen MR) is 85.3 cm³/mol. The largest absolute Gasteiger partial charge is 0.330 e. The first-order chi connectivity index (χ1) is 10.3. The normalized spacial score (nSPS) is 12.6. The number of para-hydroxylation sites is 1. The zero-order valence-electron chi connectivity index (χ0n) is 12.1. The second kappa shape index (κ2) is 5.77. The van der Waals surface area contributed by atoms with Crippen molar-refractivity contribution in [2.24, 2.45) is 0 Å². The summed E-state index contributed by atoms with van der Waals surface area (Å²) in [5, 5.41) is 0. The van der Waals surface area contributed by atoms with Crippen molar-refractivity contribution in [2.75, 3.05) is 18.0 Å². The molecule has 1 aliphatic heterocycles. The van der Waals surface area contributed by atoms with Gasteiger partial charge in [0, 0.05) is 24.2 Å². The van der Waals surface area contributed by atoms with Crippen LogP contribution >= 0.6 is 11.8 Å². The minimum Gasteiger partial charge on any atom is -0.325 e. The van der Waals surface area contributed by atoms with Crippen molar-refractivity contribution in [3.63, 3.8) is 0 Å². The number of carbonyl (C=O) groups excluding carboxylic acids is 1. The van der Waals surface area contributed by atoms with Crippen LogP contribution < -0.4 is 4.90 Å². The van der Waals surface area contributed by atoms with Crippen LogP contribution in [0.25, 0.3) is 0 Å². The topological polar surface area (TPSA) is 36.4 Å². The number of rotatable bonds is 2. The molecule has 21 heavy (non-hydrogen) atoms. The second-order valence-electron chi connectivity index (χ2n) is 4.69. The molecule has 1 aliphatic rings. The Morgan fingerprint density at radius 1 is 1.14 bits per heavy atom. The van der Waals surface area contributed by atoms with Gasteiger partial charge in [0.25, 0.3) is 0 Å². The molecule has 2 aromatic rings. The van der Waals surface area contributed by atoms with Crippen LogP contribution in [-0.2, 0) is 0 Å². The van der Waals surface area contributed by atoms with Crippen LogP contribution in [0.4, 0.5) is 16.3 Å². The zero-order chi connectivity index (χ0) is 14.8. The number of fused-ring (bicyclic) bond motifs is 2. The van der Waals surface area contributed by atoms with E-state index < -0.39 is 0 Å². The SMILES string of the molecule is CCN(CC)C(=O)N1c2ccccc2Sc2cccnc21. The molecule has 0 aliphatic carbocycles. The second-order valence-corrected chi connectivity index (χ2v) is 5.77. The Hall–Kier alpha value is -2.01. The molecule has 1 aromatic carbocycles. The highest BCUT2D eigenvalue weighted by molar-refractivity contribution is 7.99. The molecule has 4 nitrogen and oxygen atoms in total. The highest BCUT2D eigenvalue weighted by Gasteiger charge is 2.31. The van der Waals surface area contributed by atoms with E-state index in [4.69, 9.17) is 0 Å². The van der Waals surface area contributed by atoms with Gasteiger partial charge in [-0.2, -0.15) is 0 Å². The van der Waals surface area contributed by atoms with Crippen LogP contribution in [0.5, 0.6) is 0 Å². The molecule has 2 heterocycles. The standard InChI is InChI=1S/C16H17N3OS/c1-3-18(4-2)16(20)19-12-8-5-6-9-13(12)21-14-10-7-11-17-15(14)19/h5-11H,3-4H2,1-2H3. The summed E-state index contributed by atoms with van der Waals surface area (Å²) >= 11 is 1.66. The number of benzene rings is 1. The van der Waals surface area contributed by atoms with E-state index in [9.17, 15) is 4.79 Å². The number of anilines is 2. The number of nitrogens with zero attached hydrogens (tertiary/aromatic N) is 3. The summed E-state index contributed by atoms with van der Waals surface area (Å²) in [4.78, 5) is 23.0. The van der Waals surface area contributed by atoms with Crippen LogP contribution in [0.15, 0.2) is 52.4 Å². The number of hydrogen-bond donors (Lipinski definition) is 0. The van der Waals surface area contributed by atoms with Gasteiger partial charge in [0.1, 0.15) is 0 Å². The summed E-state index contributed by atoms with van der Waals surface area (Å²) < 4.78 is 0. The Kier molecular flexibility index (Phi) is 3.84. The number of amides is 2. The minimum absolute atomic E-state index is 0.0206. The lowest BCUT2D eigenvalue weighted by atomic mass is 10.2. The van der Waals surface area contributed by atoms with Crippen LogP contribution in [0.2, 0.25) is 0 Å². The number of urea groups is 1. The fraction of sp³-hybridized carbons (Fsp3) is 0.250. The van der Waals surface area contributed by atoms with Crippen LogP contribution in [-0.4, -0.2) is 29.0 Å². The maximum atomic E-state index is 12.9. The van der Waals surface area contributed by atoms with Crippen molar-refractivity contribution >= 4 is 29.3 Å². The molecule has 3 rings (SSSR count). The van der Waals surface area contributed by atoms with E-state index in [0.717, 1.165) is 21.3 Å². The van der Waals surface area contributed by atoms with Crippen molar-refractivity contribution in [1.29, 1.82) is 0 Å². The monoisotopic (exact) mass is 299 g/mol. The number of pyridine rings is 1. The first-order valence-electron chi connectivity index (χ1n) is 7.07. The van der Waals surface area contributed by atoms with Crippen LogP contribution in [0.1, 0.15) is 13.8 Å². The van der Waals surface area contributed by atoms with Gasteiger partial charge in [0.15, 0.2) is 5.82 Å². The van der Waals surface area contributed by atoms with Gasteiger partial charge in [-0.05, 0) is 38.1 Å². The molecule has 0 bridgehead atoms. The van der Waals surface area contributed by atoms with Crippen molar-refractivity contribution in [3.8, 4) is 0 Å². The van der Waals surface area contributed by atoms with Gasteiger partial charge in [-0.15, -0.1) is 0 Å². The fourth-order valence-electron chi connectivity index (χ4n) is 2.42. The Morgan fingerprint density at radius 2 is 1.86 bits per heavy atom. The van der Waals surface area contributed by atoms with E-state index in [1.54, 1.807) is 22.9 Å². The highest BCUT2D eigenvalue weighted by Crippen LogP contribution is 2.47. The maximum absolute atomic E-state index is 12.9. The predicted octanol–water partition coefficient (Wildman–Crippen LogP) is 4.15. The average Bonchev–Trinajstić information content (AvgIpc) is 2.53. The number of aromatic nitrogens is 1. The van der Waals surface area contributed by atoms with Crippen LogP contribution in [0.3, 0.4) is 0 Å². The highest BCUT2D eigenvalue weighted by atomic mass is 32.2. The summed E-state index contributed by atoms with van der Waals surface area (Å²) in [5.41, 5.74) is 0.908. The molecular formula is C16H17N3OS. The van der Waals surface area contributed by atoms with Gasteiger partial charge in [0.2, 0.25) is 0 Å². The quantitative estimate of drug-likeness (QED) is 0.836. The van der Waals surface area contributed by atoms with Gasteiger partial charge in [-0.1, -0.05) is 23.9 Å². The fourth-order valence-corrected chi connectivity index (χ4v) is 3.45. The minimum atomic E-state index is -0.0206. The first kappa shape index (κ1) is 13.9. The third-order valence-corrected chi connectivity index (χ3v) is 4.62. The molecule has 5 heteroatoms. The zero-order valence-corrected chi connectivity index (χ0v) is 12.9. The molecule has 0 N–H and O–H groups in total. The molecule has 0 unspecified atom stereocenters. The smallest absolute Gasteiger partial charge is 0.325 e. The molecule has 0 radical (unpaired) electrons. The van der Waals surface area contributed by atoms with Gasteiger partial charge in [0.05, 0.1) is 10.6 Å². The molecule has 108 valence electrons. The summed E-state index contributed by atoms with van der Waals surface area (Å²) in [5.74, 6) is 0.720. The first-order valence-corrected chi connectivity index (χ1v) is 7.88. The van der Waals surface area contributed by atoms with Gasteiger partial charge in [-0.3, -0.25) is 0 Å². The van der Waals surface area contributed by atoms with Gasteiger partial charge in [-0.25, -0.2) is 14.7 Å².